The van der Waals surface area contributed by atoms with Crippen LogP contribution in [0.5, 0.6) is 0 Å². The SMILES string of the molecule is O=[N+]([O-])O.[Gd].[MgH2]. The molecular weight excluding hydrogens is 244 g/mol. The van der Waals surface area contributed by atoms with E-state index in [0.717, 1.165) is 0 Å². The molecule has 0 aliphatic rings. The van der Waals surface area contributed by atoms with E-state index in [9.17, 15) is 0 Å². The van der Waals surface area contributed by atoms with Gasteiger partial charge in [0.15, 0.2) is 0 Å². The van der Waals surface area contributed by atoms with E-state index in [-0.39, 0.29) is 63.0 Å². The van der Waals surface area contributed by atoms with Crippen molar-refractivity contribution in [3.05, 3.63) is 10.1 Å². The Kier molecular flexibility index (Phi) is 25.0. The van der Waals surface area contributed by atoms with Crippen molar-refractivity contribution in [3.8, 4) is 0 Å². The average Bonchev–Trinajstić information content (AvgIpc) is 0.811. The summed E-state index contributed by atoms with van der Waals surface area (Å²) in [7, 11) is 0. The van der Waals surface area contributed by atoms with E-state index in [2.05, 4.69) is 0 Å². The molecule has 0 saturated heterocycles. The zero-order valence-electron chi connectivity index (χ0n) is 2.06. The Hall–Kier alpha value is 1.29. The summed E-state index contributed by atoms with van der Waals surface area (Å²) in [5.74, 6) is 0. The van der Waals surface area contributed by atoms with Crippen LogP contribution in [0.1, 0.15) is 0 Å². The summed E-state index contributed by atoms with van der Waals surface area (Å²) in [5, 5.41) is 13.6. The molecule has 0 fully saturated rings. The van der Waals surface area contributed by atoms with Crippen molar-refractivity contribution < 1.29 is 50.2 Å². The number of rotatable bonds is 0. The fourth-order valence-electron chi connectivity index (χ4n) is 0. The van der Waals surface area contributed by atoms with E-state index < -0.39 is 5.09 Å². The van der Waals surface area contributed by atoms with Crippen molar-refractivity contribution >= 4 is 23.1 Å². The van der Waals surface area contributed by atoms with Gasteiger partial charge in [-0.3, -0.25) is 0 Å². The maximum absolute atomic E-state index is 8.36. The third kappa shape index (κ3) is 58.5. The fourth-order valence-corrected chi connectivity index (χ4v) is 0. The van der Waals surface area contributed by atoms with E-state index in [1.807, 2.05) is 0 Å². The van der Waals surface area contributed by atoms with Crippen LogP contribution in [0, 0.1) is 50.1 Å². The van der Waals surface area contributed by atoms with Gasteiger partial charge in [-0.2, -0.15) is 0 Å². The number of nitrogens with zero attached hydrogens (tertiary/aromatic N) is 1. The summed E-state index contributed by atoms with van der Waals surface area (Å²) in [5.41, 5.74) is 0. The Morgan fingerprint density at radius 2 is 1.67 bits per heavy atom. The molecule has 36 valence electrons. The van der Waals surface area contributed by atoms with Crippen LogP contribution in [0.2, 0.25) is 0 Å². The van der Waals surface area contributed by atoms with Gasteiger partial charge < -0.3 is 5.21 Å². The van der Waals surface area contributed by atoms with E-state index in [0.29, 0.717) is 0 Å². The predicted molar refractivity (Wildman–Crippen MR) is 17.3 cm³/mol. The second kappa shape index (κ2) is 9.56. The summed E-state index contributed by atoms with van der Waals surface area (Å²) >= 11 is 0. The first-order valence-electron chi connectivity index (χ1n) is 0.565. The molecule has 0 aromatic rings. The van der Waals surface area contributed by atoms with E-state index in [4.69, 9.17) is 15.3 Å². The molecule has 0 heterocycles. The van der Waals surface area contributed by atoms with Crippen LogP contribution in [-0.4, -0.2) is 33.3 Å². The molecule has 0 aromatic carbocycles. The van der Waals surface area contributed by atoms with Crippen molar-refractivity contribution in [2.45, 2.75) is 0 Å². The van der Waals surface area contributed by atoms with Crippen LogP contribution in [0.25, 0.3) is 0 Å². The van der Waals surface area contributed by atoms with Crippen LogP contribution in [0.15, 0.2) is 0 Å². The van der Waals surface area contributed by atoms with E-state index >= 15 is 0 Å². The molecule has 0 spiro atoms. The van der Waals surface area contributed by atoms with Gasteiger partial charge in [-0.05, 0) is 0 Å². The molecule has 0 unspecified atom stereocenters. The zero-order chi connectivity index (χ0) is 3.58. The molecule has 0 aliphatic heterocycles. The standard InChI is InChI=1S/Gd.Mg.HNO3.2H/c;;2-1(3)4;;/h;;(H,2,3,4);;. The maximum atomic E-state index is 8.36. The monoisotopic (exact) mass is 247 g/mol. The van der Waals surface area contributed by atoms with E-state index in [1.165, 1.54) is 0 Å². The molecule has 0 rings (SSSR count). The van der Waals surface area contributed by atoms with Gasteiger partial charge in [0.2, 0.25) is 0 Å². The van der Waals surface area contributed by atoms with Crippen molar-refractivity contribution in [3.63, 3.8) is 0 Å². The maximum Gasteiger partial charge on any atom is 0.316 e. The minimum Gasteiger partial charge on any atom is -0.328 e. The van der Waals surface area contributed by atoms with Gasteiger partial charge in [-0.15, -0.1) is 10.1 Å². The predicted octanol–water partition coefficient (Wildman–Crippen LogP) is -1.26. The molecule has 6 heavy (non-hydrogen) atoms. The Balaban J connectivity index is -0.0000000450. The largest absolute Gasteiger partial charge is 0.328 e. The normalized spacial score (nSPS) is 4.00. The van der Waals surface area contributed by atoms with Crippen LogP contribution >= 0.6 is 0 Å². The van der Waals surface area contributed by atoms with Crippen molar-refractivity contribution in [2.24, 2.45) is 0 Å². The quantitative estimate of drug-likeness (QED) is 0.330. The Morgan fingerprint density at radius 3 is 1.67 bits per heavy atom. The molecular formula is H3GdMgNO3. The number of hydrogen-bond donors (Lipinski definition) is 1. The topological polar surface area (TPSA) is 63.4 Å². The molecule has 6 heteroatoms. The van der Waals surface area contributed by atoms with Gasteiger partial charge in [0.25, 0.3) is 5.09 Å². The molecule has 1 N–H and O–H groups in total. The molecule has 4 nitrogen and oxygen atoms in total. The smallest absolute Gasteiger partial charge is 0.316 e. The first kappa shape index (κ1) is 15.7. The summed E-state index contributed by atoms with van der Waals surface area (Å²) in [6, 6.07) is 0. The average molecular weight is 247 g/mol. The van der Waals surface area contributed by atoms with Crippen LogP contribution < -0.4 is 0 Å². The molecule has 0 bridgehead atoms. The van der Waals surface area contributed by atoms with Crippen molar-refractivity contribution in [2.75, 3.05) is 0 Å². The van der Waals surface area contributed by atoms with Crippen LogP contribution in [0.3, 0.4) is 0 Å². The van der Waals surface area contributed by atoms with Crippen LogP contribution in [-0.2, 0) is 0 Å². The second-order valence-electron chi connectivity index (χ2n) is 0.238. The molecule has 0 radical (unpaired) electrons. The van der Waals surface area contributed by atoms with Crippen molar-refractivity contribution in [1.82, 2.24) is 0 Å². The molecule has 0 aromatic heterocycles. The minimum absolute atomic E-state index is 0. The molecule has 0 amide bonds. The number of hydrogen-bond acceptors (Lipinski definition) is 2. The van der Waals surface area contributed by atoms with Gasteiger partial charge in [0.1, 0.15) is 0 Å². The first-order chi connectivity index (χ1) is 1.73. The van der Waals surface area contributed by atoms with Crippen LogP contribution in [0.4, 0.5) is 0 Å². The third-order valence-electron chi connectivity index (χ3n) is 0. The summed E-state index contributed by atoms with van der Waals surface area (Å²) in [6.07, 6.45) is 0. The Bertz CT molecular complexity index is 33.8. The second-order valence-corrected chi connectivity index (χ2v) is 0.238. The zero-order valence-corrected chi connectivity index (χ0v) is 4.33. The Morgan fingerprint density at radius 1 is 1.67 bits per heavy atom. The van der Waals surface area contributed by atoms with Crippen molar-refractivity contribution in [1.29, 1.82) is 0 Å². The van der Waals surface area contributed by atoms with Gasteiger partial charge in [0, 0.05) is 39.9 Å². The summed E-state index contributed by atoms with van der Waals surface area (Å²) in [6.45, 7) is 0. The van der Waals surface area contributed by atoms with E-state index in [1.54, 1.807) is 0 Å². The van der Waals surface area contributed by atoms with Gasteiger partial charge >= 0.3 is 23.1 Å². The minimum atomic E-state index is -1.50. The first-order valence-corrected chi connectivity index (χ1v) is 0.565. The molecule has 0 aliphatic carbocycles. The Labute approximate surface area is 82.2 Å². The summed E-state index contributed by atoms with van der Waals surface area (Å²) < 4.78 is 0. The summed E-state index contributed by atoms with van der Waals surface area (Å²) in [4.78, 5) is 8.36. The van der Waals surface area contributed by atoms with Gasteiger partial charge in [-0.25, -0.2) is 0 Å². The van der Waals surface area contributed by atoms with Gasteiger partial charge in [0.05, 0.1) is 0 Å². The molecule has 0 atom stereocenters. The molecule has 0 saturated carbocycles. The van der Waals surface area contributed by atoms with Gasteiger partial charge in [-0.1, -0.05) is 0 Å². The fraction of sp³-hybridized carbons (Fsp3) is 0. The third-order valence-corrected chi connectivity index (χ3v) is 0.